The van der Waals surface area contributed by atoms with Crippen molar-refractivity contribution >= 4 is 15.9 Å². The van der Waals surface area contributed by atoms with E-state index < -0.39 is 10.0 Å². The fourth-order valence-corrected chi connectivity index (χ4v) is 4.47. The molecular formula is C21H33N3O3S. The molecule has 28 heavy (non-hydrogen) atoms. The minimum Gasteiger partial charge on any atom is -0.341 e. The molecule has 1 amide bonds. The molecule has 3 atom stereocenters. The Morgan fingerprint density at radius 1 is 1.39 bits per heavy atom. The van der Waals surface area contributed by atoms with E-state index in [-0.39, 0.29) is 17.7 Å². The summed E-state index contributed by atoms with van der Waals surface area (Å²) in [5.74, 6) is 1.25. The van der Waals surface area contributed by atoms with Gasteiger partial charge in [0.05, 0.1) is 6.26 Å². The minimum absolute atomic E-state index is 0.122. The number of hydrogen-bond acceptors (Lipinski definition) is 4. The van der Waals surface area contributed by atoms with Gasteiger partial charge < -0.3 is 4.90 Å². The summed E-state index contributed by atoms with van der Waals surface area (Å²) in [5, 5.41) is 0. The summed E-state index contributed by atoms with van der Waals surface area (Å²) in [5.41, 5.74) is 2.20. The number of allylic oxidation sites excluding steroid dienone is 1. The Balaban J connectivity index is 2.03. The fraction of sp³-hybridized carbons (Fsp3) is 0.619. The molecule has 0 aromatic carbocycles. The van der Waals surface area contributed by atoms with Crippen LogP contribution in [-0.2, 0) is 21.4 Å². The molecule has 1 aromatic heterocycles. The van der Waals surface area contributed by atoms with Gasteiger partial charge in [-0.15, -0.1) is 0 Å². The van der Waals surface area contributed by atoms with Crippen molar-refractivity contribution in [3.05, 3.63) is 41.7 Å². The van der Waals surface area contributed by atoms with E-state index in [1.165, 1.54) is 11.8 Å². The molecule has 0 spiro atoms. The van der Waals surface area contributed by atoms with E-state index in [9.17, 15) is 13.2 Å². The molecule has 0 saturated carbocycles. The van der Waals surface area contributed by atoms with E-state index in [0.717, 1.165) is 12.0 Å². The van der Waals surface area contributed by atoms with Gasteiger partial charge in [-0.2, -0.15) is 0 Å². The topological polar surface area (TPSA) is 79.4 Å². The van der Waals surface area contributed by atoms with Gasteiger partial charge in [0.15, 0.2) is 0 Å². The third-order valence-electron chi connectivity index (χ3n) is 5.65. The zero-order valence-electron chi connectivity index (χ0n) is 17.6. The fourth-order valence-electron chi connectivity index (χ4n) is 3.98. The Morgan fingerprint density at radius 3 is 2.68 bits per heavy atom. The van der Waals surface area contributed by atoms with Crippen molar-refractivity contribution in [1.29, 1.82) is 0 Å². The lowest BCUT2D eigenvalue weighted by molar-refractivity contribution is -0.131. The molecule has 1 aliphatic rings. The number of nitrogens with zero attached hydrogens (tertiary/aromatic N) is 2. The van der Waals surface area contributed by atoms with Crippen molar-refractivity contribution in [1.82, 2.24) is 14.6 Å². The third kappa shape index (κ3) is 6.71. The van der Waals surface area contributed by atoms with E-state index >= 15 is 0 Å². The molecule has 156 valence electrons. The van der Waals surface area contributed by atoms with Crippen molar-refractivity contribution < 1.29 is 13.2 Å². The zero-order valence-corrected chi connectivity index (χ0v) is 18.4. The lowest BCUT2D eigenvalue weighted by Crippen LogP contribution is -2.37. The Morgan fingerprint density at radius 2 is 2.11 bits per heavy atom. The van der Waals surface area contributed by atoms with Gasteiger partial charge in [-0.05, 0) is 48.6 Å². The van der Waals surface area contributed by atoms with Crippen LogP contribution in [0.2, 0.25) is 0 Å². The molecule has 1 N–H and O–H groups in total. The summed E-state index contributed by atoms with van der Waals surface area (Å²) in [4.78, 5) is 18.6. The maximum Gasteiger partial charge on any atom is 0.223 e. The van der Waals surface area contributed by atoms with E-state index in [1.807, 2.05) is 19.2 Å². The predicted octanol–water partition coefficient (Wildman–Crippen LogP) is 2.83. The van der Waals surface area contributed by atoms with Crippen molar-refractivity contribution in [3.63, 3.8) is 0 Å². The average Bonchev–Trinajstić information content (AvgIpc) is 2.61. The maximum atomic E-state index is 12.8. The summed E-state index contributed by atoms with van der Waals surface area (Å²) >= 11 is 0. The minimum atomic E-state index is -3.21. The first-order valence-electron chi connectivity index (χ1n) is 9.82. The van der Waals surface area contributed by atoms with Gasteiger partial charge in [-0.1, -0.05) is 31.6 Å². The molecule has 0 bridgehead atoms. The van der Waals surface area contributed by atoms with Crippen LogP contribution in [0, 0.1) is 23.7 Å². The van der Waals surface area contributed by atoms with Gasteiger partial charge in [0.1, 0.15) is 0 Å². The standard InChI is InChI=1S/C21H33N3O3S/c1-15(2)20-10-18(16(3)9-19(20)13-23-28(5,26)27)11-21(25)24(4)14-17-7-6-8-22-12-17/h6-9,12,15,18-20,23H,10-11,13-14H2,1-5H3. The van der Waals surface area contributed by atoms with Crippen LogP contribution in [0.5, 0.6) is 0 Å². The number of sulfonamides is 1. The highest BCUT2D eigenvalue weighted by atomic mass is 32.2. The highest BCUT2D eigenvalue weighted by molar-refractivity contribution is 7.88. The molecule has 6 nitrogen and oxygen atoms in total. The van der Waals surface area contributed by atoms with Crippen LogP contribution in [0.3, 0.4) is 0 Å². The molecule has 0 fully saturated rings. The van der Waals surface area contributed by atoms with E-state index in [2.05, 4.69) is 36.6 Å². The molecule has 1 aromatic rings. The number of hydrogen-bond donors (Lipinski definition) is 1. The number of amides is 1. The maximum absolute atomic E-state index is 12.8. The number of aromatic nitrogens is 1. The van der Waals surface area contributed by atoms with Gasteiger partial charge >= 0.3 is 0 Å². The van der Waals surface area contributed by atoms with Crippen LogP contribution in [0.4, 0.5) is 0 Å². The van der Waals surface area contributed by atoms with Crippen molar-refractivity contribution in [2.45, 2.75) is 40.2 Å². The SMILES string of the molecule is CC1=CC(CNS(C)(=O)=O)C(C(C)C)CC1CC(=O)N(C)Cc1cccnc1. The first kappa shape index (κ1) is 22.6. The Labute approximate surface area is 169 Å². The van der Waals surface area contributed by atoms with Crippen LogP contribution in [0.15, 0.2) is 36.2 Å². The highest BCUT2D eigenvalue weighted by Gasteiger charge is 2.33. The summed E-state index contributed by atoms with van der Waals surface area (Å²) in [6.07, 6.45) is 8.26. The van der Waals surface area contributed by atoms with Gasteiger partial charge in [0, 0.05) is 39.0 Å². The first-order chi connectivity index (χ1) is 13.1. The Kier molecular flexibility index (Phi) is 7.78. The molecular weight excluding hydrogens is 374 g/mol. The second-order valence-electron chi connectivity index (χ2n) is 8.35. The second-order valence-corrected chi connectivity index (χ2v) is 10.2. The van der Waals surface area contributed by atoms with Crippen LogP contribution in [-0.4, -0.2) is 44.1 Å². The first-order valence-corrected chi connectivity index (χ1v) is 11.7. The number of carbonyl (C=O) groups excluding carboxylic acids is 1. The quantitative estimate of drug-likeness (QED) is 0.672. The molecule has 0 aliphatic heterocycles. The molecule has 0 saturated heterocycles. The lowest BCUT2D eigenvalue weighted by atomic mass is 9.70. The predicted molar refractivity (Wildman–Crippen MR) is 112 cm³/mol. The van der Waals surface area contributed by atoms with Gasteiger partial charge in [-0.25, -0.2) is 13.1 Å². The lowest BCUT2D eigenvalue weighted by Gasteiger charge is -2.37. The number of carbonyl (C=O) groups is 1. The second kappa shape index (κ2) is 9.65. The van der Waals surface area contributed by atoms with Crippen molar-refractivity contribution in [3.8, 4) is 0 Å². The molecule has 3 unspecified atom stereocenters. The van der Waals surface area contributed by atoms with Crippen molar-refractivity contribution in [2.75, 3.05) is 19.8 Å². The largest absolute Gasteiger partial charge is 0.341 e. The van der Waals surface area contributed by atoms with Gasteiger partial charge in [0.2, 0.25) is 15.9 Å². The summed E-state index contributed by atoms with van der Waals surface area (Å²) in [6, 6.07) is 3.84. The zero-order chi connectivity index (χ0) is 20.9. The van der Waals surface area contributed by atoms with Crippen LogP contribution in [0.25, 0.3) is 0 Å². The van der Waals surface area contributed by atoms with Gasteiger partial charge in [-0.3, -0.25) is 9.78 Å². The Hall–Kier alpha value is -1.73. The molecule has 7 heteroatoms. The summed E-state index contributed by atoms with van der Waals surface area (Å²) in [7, 11) is -1.38. The summed E-state index contributed by atoms with van der Waals surface area (Å²) < 4.78 is 25.6. The average molecular weight is 408 g/mol. The summed E-state index contributed by atoms with van der Waals surface area (Å²) in [6.45, 7) is 7.36. The molecule has 1 heterocycles. The van der Waals surface area contributed by atoms with Gasteiger partial charge in [0.25, 0.3) is 0 Å². The monoisotopic (exact) mass is 407 g/mol. The highest BCUT2D eigenvalue weighted by Crippen LogP contribution is 2.39. The van der Waals surface area contributed by atoms with E-state index in [1.54, 1.807) is 17.3 Å². The third-order valence-corrected chi connectivity index (χ3v) is 6.35. The Bertz CT molecular complexity index is 790. The number of pyridine rings is 1. The smallest absolute Gasteiger partial charge is 0.223 e. The van der Waals surface area contributed by atoms with Crippen molar-refractivity contribution in [2.24, 2.45) is 23.7 Å². The molecule has 2 rings (SSSR count). The van der Waals surface area contributed by atoms with Crippen LogP contribution < -0.4 is 4.72 Å². The number of rotatable bonds is 8. The molecule has 0 radical (unpaired) electrons. The molecule has 1 aliphatic carbocycles. The van der Waals surface area contributed by atoms with Crippen LogP contribution in [0.1, 0.15) is 39.2 Å². The van der Waals surface area contributed by atoms with E-state index in [4.69, 9.17) is 0 Å². The normalized spacial score (nSPS) is 22.8. The van der Waals surface area contributed by atoms with Crippen LogP contribution >= 0.6 is 0 Å². The number of nitrogens with one attached hydrogen (secondary N) is 1. The van der Waals surface area contributed by atoms with E-state index in [0.29, 0.717) is 31.3 Å².